The van der Waals surface area contributed by atoms with Gasteiger partial charge in [-0.2, -0.15) is 0 Å². The van der Waals surface area contributed by atoms with Gasteiger partial charge >= 0.3 is 0 Å². The van der Waals surface area contributed by atoms with Crippen LogP contribution < -0.4 is 5.32 Å². The standard InChI is InChI=1S/C26H29N3O/c1-20-3-2-16-29(18-20)19-23-4-8-24(9-5-23)26(30)28-25-10-6-21(7-11-25)17-22-12-14-27-15-13-22/h4-15,20H,2-3,16-19H2,1H3,(H,28,30)/t20-/m0/s1. The Balaban J connectivity index is 1.32. The van der Waals surface area contributed by atoms with Crippen molar-refractivity contribution in [3.63, 3.8) is 0 Å². The molecule has 1 aliphatic heterocycles. The monoisotopic (exact) mass is 399 g/mol. The number of likely N-dealkylation sites (tertiary alicyclic amines) is 1. The number of pyridine rings is 1. The van der Waals surface area contributed by atoms with E-state index in [0.717, 1.165) is 24.6 Å². The first-order valence-electron chi connectivity index (χ1n) is 10.8. The summed E-state index contributed by atoms with van der Waals surface area (Å²) in [6.45, 7) is 5.62. The first-order valence-corrected chi connectivity index (χ1v) is 10.8. The molecule has 4 heteroatoms. The second-order valence-electron chi connectivity index (χ2n) is 8.36. The Hall–Kier alpha value is -2.98. The number of carbonyl (C=O) groups excluding carboxylic acids is 1. The quantitative estimate of drug-likeness (QED) is 0.623. The molecular formula is C26H29N3O. The minimum Gasteiger partial charge on any atom is -0.322 e. The zero-order valence-corrected chi connectivity index (χ0v) is 17.6. The molecule has 1 fully saturated rings. The van der Waals surface area contributed by atoms with Gasteiger partial charge in [-0.25, -0.2) is 0 Å². The summed E-state index contributed by atoms with van der Waals surface area (Å²) < 4.78 is 0. The Morgan fingerprint density at radius 2 is 1.63 bits per heavy atom. The molecule has 1 atom stereocenters. The van der Waals surface area contributed by atoms with Crippen LogP contribution in [0, 0.1) is 5.92 Å². The number of piperidine rings is 1. The van der Waals surface area contributed by atoms with Crippen LogP contribution in [-0.4, -0.2) is 28.9 Å². The number of carbonyl (C=O) groups is 1. The average molecular weight is 400 g/mol. The zero-order valence-electron chi connectivity index (χ0n) is 17.6. The number of hydrogen-bond donors (Lipinski definition) is 1. The number of aromatic nitrogens is 1. The van der Waals surface area contributed by atoms with Gasteiger partial charge in [0, 0.05) is 36.7 Å². The maximum absolute atomic E-state index is 12.6. The molecule has 1 aromatic heterocycles. The number of nitrogens with one attached hydrogen (secondary N) is 1. The molecule has 0 unspecified atom stereocenters. The van der Waals surface area contributed by atoms with Crippen LogP contribution in [-0.2, 0) is 13.0 Å². The summed E-state index contributed by atoms with van der Waals surface area (Å²) in [6, 6.07) is 20.1. The molecule has 1 saturated heterocycles. The summed E-state index contributed by atoms with van der Waals surface area (Å²) in [7, 11) is 0. The van der Waals surface area contributed by atoms with Crippen molar-refractivity contribution in [1.82, 2.24) is 9.88 Å². The Labute approximate surface area is 179 Å². The molecule has 30 heavy (non-hydrogen) atoms. The van der Waals surface area contributed by atoms with Crippen molar-refractivity contribution in [3.05, 3.63) is 95.3 Å². The van der Waals surface area contributed by atoms with Crippen LogP contribution in [0.3, 0.4) is 0 Å². The van der Waals surface area contributed by atoms with Gasteiger partial charge in [-0.05, 0) is 84.8 Å². The van der Waals surface area contributed by atoms with E-state index in [1.807, 2.05) is 48.8 Å². The number of benzene rings is 2. The van der Waals surface area contributed by atoms with Gasteiger partial charge in [-0.3, -0.25) is 14.7 Å². The predicted molar refractivity (Wildman–Crippen MR) is 122 cm³/mol. The molecule has 1 amide bonds. The second kappa shape index (κ2) is 9.68. The lowest BCUT2D eigenvalue weighted by Gasteiger charge is -2.30. The second-order valence-corrected chi connectivity index (χ2v) is 8.36. The number of hydrogen-bond acceptors (Lipinski definition) is 3. The van der Waals surface area contributed by atoms with Gasteiger partial charge in [0.05, 0.1) is 0 Å². The van der Waals surface area contributed by atoms with Crippen molar-refractivity contribution in [2.24, 2.45) is 5.92 Å². The van der Waals surface area contributed by atoms with Crippen molar-refractivity contribution in [2.75, 3.05) is 18.4 Å². The van der Waals surface area contributed by atoms with Gasteiger partial charge in [0.1, 0.15) is 0 Å². The molecule has 0 bridgehead atoms. The molecule has 1 N–H and O–H groups in total. The first kappa shape index (κ1) is 20.3. The van der Waals surface area contributed by atoms with Gasteiger partial charge < -0.3 is 5.32 Å². The molecule has 0 saturated carbocycles. The Morgan fingerprint density at radius 1 is 0.967 bits per heavy atom. The lowest BCUT2D eigenvalue weighted by Crippen LogP contribution is -2.33. The summed E-state index contributed by atoms with van der Waals surface area (Å²) in [4.78, 5) is 19.2. The van der Waals surface area contributed by atoms with Crippen LogP contribution in [0.2, 0.25) is 0 Å². The van der Waals surface area contributed by atoms with Crippen LogP contribution in [0.5, 0.6) is 0 Å². The van der Waals surface area contributed by atoms with E-state index in [0.29, 0.717) is 5.56 Å². The Morgan fingerprint density at radius 3 is 2.33 bits per heavy atom. The van der Waals surface area contributed by atoms with E-state index in [2.05, 4.69) is 46.4 Å². The minimum absolute atomic E-state index is 0.0740. The highest BCUT2D eigenvalue weighted by molar-refractivity contribution is 6.04. The van der Waals surface area contributed by atoms with Crippen LogP contribution in [0.15, 0.2) is 73.1 Å². The van der Waals surface area contributed by atoms with Crippen LogP contribution >= 0.6 is 0 Å². The molecule has 2 aromatic carbocycles. The number of anilines is 1. The summed E-state index contributed by atoms with van der Waals surface area (Å²) >= 11 is 0. The van der Waals surface area contributed by atoms with E-state index >= 15 is 0 Å². The summed E-state index contributed by atoms with van der Waals surface area (Å²) in [5.74, 6) is 0.704. The third-order valence-corrected chi connectivity index (χ3v) is 5.73. The Bertz CT molecular complexity index is 952. The number of nitrogens with zero attached hydrogens (tertiary/aromatic N) is 2. The molecule has 0 radical (unpaired) electrons. The highest BCUT2D eigenvalue weighted by Crippen LogP contribution is 2.19. The van der Waals surface area contributed by atoms with Crippen molar-refractivity contribution in [2.45, 2.75) is 32.7 Å². The maximum Gasteiger partial charge on any atom is 0.255 e. The molecular weight excluding hydrogens is 370 g/mol. The first-order chi connectivity index (χ1) is 14.7. The van der Waals surface area contributed by atoms with Gasteiger partial charge in [0.2, 0.25) is 0 Å². The van der Waals surface area contributed by atoms with E-state index in [4.69, 9.17) is 0 Å². The molecule has 2 heterocycles. The number of rotatable bonds is 6. The summed E-state index contributed by atoms with van der Waals surface area (Å²) in [5.41, 5.74) is 5.19. The average Bonchev–Trinajstić information content (AvgIpc) is 2.76. The van der Waals surface area contributed by atoms with E-state index in [9.17, 15) is 4.79 Å². The topological polar surface area (TPSA) is 45.2 Å². The summed E-state index contributed by atoms with van der Waals surface area (Å²) in [5, 5.41) is 3.00. The van der Waals surface area contributed by atoms with Crippen LogP contribution in [0.25, 0.3) is 0 Å². The van der Waals surface area contributed by atoms with Gasteiger partial charge in [-0.15, -0.1) is 0 Å². The molecule has 154 valence electrons. The highest BCUT2D eigenvalue weighted by atomic mass is 16.1. The van der Waals surface area contributed by atoms with Crippen molar-refractivity contribution in [3.8, 4) is 0 Å². The maximum atomic E-state index is 12.6. The third-order valence-electron chi connectivity index (χ3n) is 5.73. The smallest absolute Gasteiger partial charge is 0.255 e. The minimum atomic E-state index is -0.0740. The molecule has 4 rings (SSSR count). The fraction of sp³-hybridized carbons (Fsp3) is 0.308. The van der Waals surface area contributed by atoms with Gasteiger partial charge in [0.15, 0.2) is 0 Å². The van der Waals surface area contributed by atoms with E-state index < -0.39 is 0 Å². The van der Waals surface area contributed by atoms with E-state index in [-0.39, 0.29) is 5.91 Å². The SMILES string of the molecule is C[C@H]1CCCN(Cc2ccc(C(=O)Nc3ccc(Cc4ccncc4)cc3)cc2)C1. The van der Waals surface area contributed by atoms with E-state index in [1.54, 1.807) is 0 Å². The lowest BCUT2D eigenvalue weighted by atomic mass is 9.99. The summed E-state index contributed by atoms with van der Waals surface area (Å²) in [6.07, 6.45) is 7.09. The molecule has 1 aliphatic rings. The molecule has 3 aromatic rings. The lowest BCUT2D eigenvalue weighted by molar-refractivity contribution is 0.102. The highest BCUT2D eigenvalue weighted by Gasteiger charge is 2.16. The molecule has 0 spiro atoms. The van der Waals surface area contributed by atoms with Crippen molar-refractivity contribution >= 4 is 11.6 Å². The normalized spacial score (nSPS) is 16.9. The fourth-order valence-electron chi connectivity index (χ4n) is 4.10. The largest absolute Gasteiger partial charge is 0.322 e. The van der Waals surface area contributed by atoms with Crippen LogP contribution in [0.1, 0.15) is 46.8 Å². The van der Waals surface area contributed by atoms with Crippen LogP contribution in [0.4, 0.5) is 5.69 Å². The molecule has 4 nitrogen and oxygen atoms in total. The number of amides is 1. The molecule has 0 aliphatic carbocycles. The van der Waals surface area contributed by atoms with Crippen molar-refractivity contribution in [1.29, 1.82) is 0 Å². The van der Waals surface area contributed by atoms with Crippen molar-refractivity contribution < 1.29 is 4.79 Å². The Kier molecular flexibility index (Phi) is 6.55. The fourth-order valence-corrected chi connectivity index (χ4v) is 4.10. The van der Waals surface area contributed by atoms with E-state index in [1.165, 1.54) is 42.6 Å². The third kappa shape index (κ3) is 5.55. The predicted octanol–water partition coefficient (Wildman–Crippen LogP) is 5.16. The van der Waals surface area contributed by atoms with Gasteiger partial charge in [-0.1, -0.05) is 31.2 Å². The zero-order chi connectivity index (χ0) is 20.8. The van der Waals surface area contributed by atoms with Gasteiger partial charge in [0.25, 0.3) is 5.91 Å².